The van der Waals surface area contributed by atoms with E-state index in [2.05, 4.69) is 50.0 Å². The first-order valence-electron chi connectivity index (χ1n) is 13.0. The van der Waals surface area contributed by atoms with Crippen molar-refractivity contribution in [3.05, 3.63) is 54.5 Å². The normalized spacial score (nSPS) is 15.2. The lowest BCUT2D eigenvalue weighted by Gasteiger charge is -2.23. The van der Waals surface area contributed by atoms with Gasteiger partial charge in [0.25, 0.3) is 5.91 Å². The highest BCUT2D eigenvalue weighted by Crippen LogP contribution is 2.36. The van der Waals surface area contributed by atoms with Gasteiger partial charge in [0.2, 0.25) is 0 Å². The minimum atomic E-state index is -0.496. The van der Waals surface area contributed by atoms with Gasteiger partial charge in [-0.2, -0.15) is 0 Å². The lowest BCUT2D eigenvalue weighted by Crippen LogP contribution is -2.45. The summed E-state index contributed by atoms with van der Waals surface area (Å²) in [5, 5.41) is 12.3. The molecule has 2 aromatic heterocycles. The van der Waals surface area contributed by atoms with Crippen LogP contribution in [0.1, 0.15) is 37.0 Å². The molecule has 1 unspecified atom stereocenters. The monoisotopic (exact) mass is 537 g/mol. The Morgan fingerprint density at radius 3 is 2.66 bits per heavy atom. The van der Waals surface area contributed by atoms with Crippen molar-refractivity contribution in [3.63, 3.8) is 0 Å². The molecule has 3 amide bonds. The van der Waals surface area contributed by atoms with E-state index >= 15 is 0 Å². The summed E-state index contributed by atoms with van der Waals surface area (Å²) in [5.74, 6) is 0.895. The van der Waals surface area contributed by atoms with Crippen LogP contribution < -0.4 is 26.0 Å². The third-order valence-electron chi connectivity index (χ3n) is 6.35. The maximum atomic E-state index is 13.2. The second-order valence-electron chi connectivity index (χ2n) is 8.94. The number of ether oxygens (including phenoxy) is 1. The van der Waals surface area contributed by atoms with Gasteiger partial charge in [-0.3, -0.25) is 20.4 Å². The summed E-state index contributed by atoms with van der Waals surface area (Å²) in [7, 11) is 0. The van der Waals surface area contributed by atoms with Gasteiger partial charge in [0.05, 0.1) is 11.8 Å². The maximum absolute atomic E-state index is 13.2. The van der Waals surface area contributed by atoms with Crippen LogP contribution in [-0.4, -0.2) is 72.2 Å². The molecule has 1 atom stereocenters. The van der Waals surface area contributed by atoms with E-state index in [1.54, 1.807) is 0 Å². The fraction of sp³-hybridized carbons (Fsp3) is 0.407. The topological polar surface area (TPSA) is 121 Å². The SMILES string of the molecule is CCN(CC)CCOc1ccc(-c2cc(C(=O)NC3CCCNC3)c(NC(=O)Nc3cnccn3)s2)cc1. The summed E-state index contributed by atoms with van der Waals surface area (Å²) < 4.78 is 5.91. The number of aromatic nitrogens is 2. The molecule has 1 aliphatic rings. The second-order valence-corrected chi connectivity index (χ2v) is 9.99. The van der Waals surface area contributed by atoms with E-state index in [0.717, 1.165) is 61.8 Å². The number of anilines is 2. The van der Waals surface area contributed by atoms with E-state index in [1.165, 1.54) is 29.9 Å². The molecule has 202 valence electrons. The number of thiophene rings is 1. The molecule has 10 nitrogen and oxygen atoms in total. The van der Waals surface area contributed by atoms with Gasteiger partial charge in [-0.15, -0.1) is 11.3 Å². The number of nitrogens with zero attached hydrogens (tertiary/aromatic N) is 3. The zero-order valence-corrected chi connectivity index (χ0v) is 22.6. The predicted octanol–water partition coefficient (Wildman–Crippen LogP) is 4.05. The Morgan fingerprint density at radius 1 is 1.16 bits per heavy atom. The average molecular weight is 538 g/mol. The Kier molecular flexibility index (Phi) is 10.0. The van der Waals surface area contributed by atoms with Crippen molar-refractivity contribution in [2.24, 2.45) is 0 Å². The van der Waals surface area contributed by atoms with Crippen LogP contribution >= 0.6 is 11.3 Å². The van der Waals surface area contributed by atoms with Gasteiger partial charge in [-0.25, -0.2) is 9.78 Å². The van der Waals surface area contributed by atoms with Crippen molar-refractivity contribution in [1.82, 2.24) is 25.5 Å². The Labute approximate surface area is 227 Å². The van der Waals surface area contributed by atoms with Crippen LogP contribution in [0.3, 0.4) is 0 Å². The number of hydrogen-bond acceptors (Lipinski definition) is 8. The van der Waals surface area contributed by atoms with E-state index < -0.39 is 6.03 Å². The van der Waals surface area contributed by atoms with E-state index in [9.17, 15) is 9.59 Å². The third-order valence-corrected chi connectivity index (χ3v) is 7.45. The molecule has 11 heteroatoms. The van der Waals surface area contributed by atoms with Gasteiger partial charge < -0.3 is 20.3 Å². The molecule has 4 rings (SSSR count). The van der Waals surface area contributed by atoms with E-state index in [0.29, 0.717) is 23.0 Å². The number of benzene rings is 1. The van der Waals surface area contributed by atoms with Crippen LogP contribution in [0.15, 0.2) is 48.9 Å². The quantitative estimate of drug-likeness (QED) is 0.291. The molecular formula is C27H35N7O3S. The van der Waals surface area contributed by atoms with Crippen molar-refractivity contribution in [2.45, 2.75) is 32.7 Å². The minimum absolute atomic E-state index is 0.0497. The van der Waals surface area contributed by atoms with E-state index in [4.69, 9.17) is 4.74 Å². The highest BCUT2D eigenvalue weighted by atomic mass is 32.1. The van der Waals surface area contributed by atoms with Crippen LogP contribution in [-0.2, 0) is 0 Å². The number of rotatable bonds is 11. The zero-order valence-electron chi connectivity index (χ0n) is 21.8. The molecule has 1 aliphatic heterocycles. The van der Waals surface area contributed by atoms with E-state index in [1.807, 2.05) is 30.3 Å². The first-order chi connectivity index (χ1) is 18.6. The van der Waals surface area contributed by atoms with Crippen LogP contribution in [0.2, 0.25) is 0 Å². The Bertz CT molecular complexity index is 1180. The Morgan fingerprint density at radius 2 is 1.97 bits per heavy atom. The number of amides is 3. The third kappa shape index (κ3) is 7.73. The molecule has 4 N–H and O–H groups in total. The number of likely N-dealkylation sites (N-methyl/N-ethyl adjacent to an activating group) is 1. The maximum Gasteiger partial charge on any atom is 0.325 e. The predicted molar refractivity (Wildman–Crippen MR) is 151 cm³/mol. The molecule has 0 aliphatic carbocycles. The van der Waals surface area contributed by atoms with Gasteiger partial charge in [0, 0.05) is 36.4 Å². The standard InChI is InChI=1S/C27H35N7O3S/c1-3-34(4-2)14-15-37-21-9-7-19(8-10-21)23-16-22(25(35)31-20-6-5-11-28-17-20)26(38-23)33-27(36)32-24-18-29-12-13-30-24/h7-10,12-13,16,18,20,28H,3-6,11,14-15,17H2,1-2H3,(H,31,35)(H2,30,32,33,36). The van der Waals surface area contributed by atoms with Crippen LogP contribution in [0, 0.1) is 0 Å². The van der Waals surface area contributed by atoms with Crippen molar-refractivity contribution in [2.75, 3.05) is 50.0 Å². The Hall–Kier alpha value is -3.54. The number of urea groups is 1. The summed E-state index contributed by atoms with van der Waals surface area (Å²) in [4.78, 5) is 37.1. The fourth-order valence-corrected chi connectivity index (χ4v) is 5.25. The summed E-state index contributed by atoms with van der Waals surface area (Å²) >= 11 is 1.34. The minimum Gasteiger partial charge on any atom is -0.492 e. The van der Waals surface area contributed by atoms with Crippen LogP contribution in [0.25, 0.3) is 10.4 Å². The number of nitrogens with one attached hydrogen (secondary N) is 4. The molecule has 38 heavy (non-hydrogen) atoms. The lowest BCUT2D eigenvalue weighted by molar-refractivity contribution is 0.0932. The zero-order chi connectivity index (χ0) is 26.7. The Balaban J connectivity index is 1.48. The molecule has 3 heterocycles. The number of piperidine rings is 1. The molecule has 1 fully saturated rings. The molecule has 0 bridgehead atoms. The van der Waals surface area contributed by atoms with Gasteiger partial charge in [-0.05, 0) is 68.4 Å². The fourth-order valence-electron chi connectivity index (χ4n) is 4.20. The largest absolute Gasteiger partial charge is 0.492 e. The first kappa shape index (κ1) is 27.5. The molecule has 1 aromatic carbocycles. The van der Waals surface area contributed by atoms with Crippen molar-refractivity contribution < 1.29 is 14.3 Å². The molecule has 0 spiro atoms. The molecule has 0 saturated carbocycles. The van der Waals surface area contributed by atoms with Crippen LogP contribution in [0.4, 0.5) is 15.6 Å². The smallest absolute Gasteiger partial charge is 0.325 e. The summed E-state index contributed by atoms with van der Waals surface area (Å²) in [6.07, 6.45) is 6.40. The van der Waals surface area contributed by atoms with Gasteiger partial charge in [-0.1, -0.05) is 13.8 Å². The number of carbonyl (C=O) groups is 2. The summed E-state index contributed by atoms with van der Waals surface area (Å²) in [5.41, 5.74) is 1.35. The first-order valence-corrected chi connectivity index (χ1v) is 13.8. The molecule has 1 saturated heterocycles. The lowest BCUT2D eigenvalue weighted by atomic mass is 10.1. The molecule has 3 aromatic rings. The van der Waals surface area contributed by atoms with E-state index in [-0.39, 0.29) is 11.9 Å². The van der Waals surface area contributed by atoms with Gasteiger partial charge >= 0.3 is 6.03 Å². The van der Waals surface area contributed by atoms with Gasteiger partial charge in [0.1, 0.15) is 17.4 Å². The average Bonchev–Trinajstić information content (AvgIpc) is 3.36. The number of carbonyl (C=O) groups excluding carboxylic acids is 2. The summed E-state index contributed by atoms with van der Waals surface area (Å²) in [6.45, 7) is 9.46. The van der Waals surface area contributed by atoms with Crippen molar-refractivity contribution in [1.29, 1.82) is 0 Å². The van der Waals surface area contributed by atoms with Gasteiger partial charge in [0.15, 0.2) is 5.82 Å². The highest BCUT2D eigenvalue weighted by Gasteiger charge is 2.22. The van der Waals surface area contributed by atoms with Crippen molar-refractivity contribution >= 4 is 34.1 Å². The highest BCUT2D eigenvalue weighted by molar-refractivity contribution is 7.20. The molecule has 0 radical (unpaired) electrons. The van der Waals surface area contributed by atoms with Crippen LogP contribution in [0.5, 0.6) is 5.75 Å². The number of hydrogen-bond donors (Lipinski definition) is 4. The van der Waals surface area contributed by atoms with Crippen molar-refractivity contribution in [3.8, 4) is 16.2 Å². The second kappa shape index (κ2) is 13.8. The summed E-state index contributed by atoms with van der Waals surface area (Å²) in [6, 6.07) is 9.17. The molecular weight excluding hydrogens is 502 g/mol.